The minimum Gasteiger partial charge on any atom is -0.374 e. The van der Waals surface area contributed by atoms with E-state index in [0.717, 1.165) is 25.5 Å². The zero-order chi connectivity index (χ0) is 14.1. The minimum atomic E-state index is 0.0730. The maximum atomic E-state index is 6.30. The van der Waals surface area contributed by atoms with Gasteiger partial charge in [0.05, 0.1) is 5.60 Å². The highest BCUT2D eigenvalue weighted by Crippen LogP contribution is 2.39. The van der Waals surface area contributed by atoms with Gasteiger partial charge in [0.25, 0.3) is 0 Å². The lowest BCUT2D eigenvalue weighted by atomic mass is 9.73. The molecule has 3 atom stereocenters. The van der Waals surface area contributed by atoms with E-state index in [2.05, 4.69) is 32.7 Å². The first kappa shape index (κ1) is 16.7. The fourth-order valence-electron chi connectivity index (χ4n) is 3.64. The predicted octanol–water partition coefficient (Wildman–Crippen LogP) is 4.31. The average molecular weight is 267 g/mol. The summed E-state index contributed by atoms with van der Waals surface area (Å²) in [7, 11) is 0. The van der Waals surface area contributed by atoms with E-state index in [0.29, 0.717) is 6.04 Å². The summed E-state index contributed by atoms with van der Waals surface area (Å²) in [6, 6.07) is 0.500. The van der Waals surface area contributed by atoms with Gasteiger partial charge < -0.3 is 10.1 Å². The molecule has 0 saturated heterocycles. The summed E-state index contributed by atoms with van der Waals surface area (Å²) in [6.45, 7) is 12.4. The SMILES string of the molecule is C=CCCCC(NCC)C1(OCC)CCCC(C)C1. The van der Waals surface area contributed by atoms with Crippen molar-refractivity contribution < 1.29 is 4.74 Å². The first-order valence-corrected chi connectivity index (χ1v) is 8.16. The summed E-state index contributed by atoms with van der Waals surface area (Å²) in [5.41, 5.74) is 0.0730. The van der Waals surface area contributed by atoms with Gasteiger partial charge in [0.1, 0.15) is 0 Å². The molecule has 0 aromatic rings. The number of likely N-dealkylation sites (N-methyl/N-ethyl adjacent to an activating group) is 1. The summed E-state index contributed by atoms with van der Waals surface area (Å²) >= 11 is 0. The molecule has 3 unspecified atom stereocenters. The third-order valence-corrected chi connectivity index (χ3v) is 4.41. The van der Waals surface area contributed by atoms with Crippen LogP contribution in [0.1, 0.15) is 65.7 Å². The lowest BCUT2D eigenvalue weighted by Gasteiger charge is -2.46. The Morgan fingerprint density at radius 2 is 2.26 bits per heavy atom. The van der Waals surface area contributed by atoms with Gasteiger partial charge >= 0.3 is 0 Å². The number of hydrogen-bond acceptors (Lipinski definition) is 2. The van der Waals surface area contributed by atoms with Gasteiger partial charge in [0, 0.05) is 12.6 Å². The summed E-state index contributed by atoms with van der Waals surface area (Å²) in [5.74, 6) is 0.792. The van der Waals surface area contributed by atoms with Crippen molar-refractivity contribution in [3.05, 3.63) is 12.7 Å². The monoisotopic (exact) mass is 267 g/mol. The molecule has 0 amide bonds. The Labute approximate surface area is 120 Å². The number of allylic oxidation sites excluding steroid dienone is 1. The summed E-state index contributed by atoms with van der Waals surface area (Å²) in [4.78, 5) is 0. The maximum Gasteiger partial charge on any atom is 0.0837 e. The van der Waals surface area contributed by atoms with Crippen molar-refractivity contribution in [3.63, 3.8) is 0 Å². The van der Waals surface area contributed by atoms with Crippen LogP contribution in [-0.2, 0) is 4.74 Å². The van der Waals surface area contributed by atoms with Gasteiger partial charge in [0.2, 0.25) is 0 Å². The van der Waals surface area contributed by atoms with E-state index in [1.807, 2.05) is 6.08 Å². The zero-order valence-electron chi connectivity index (χ0n) is 13.2. The largest absolute Gasteiger partial charge is 0.374 e. The molecule has 0 heterocycles. The number of rotatable bonds is 9. The molecule has 0 aliphatic heterocycles. The highest BCUT2D eigenvalue weighted by Gasteiger charge is 2.41. The van der Waals surface area contributed by atoms with Crippen molar-refractivity contribution in [1.82, 2.24) is 5.32 Å². The molecule has 0 bridgehead atoms. The van der Waals surface area contributed by atoms with Crippen LogP contribution in [0.15, 0.2) is 12.7 Å². The van der Waals surface area contributed by atoms with Gasteiger partial charge in [-0.2, -0.15) is 0 Å². The number of ether oxygens (including phenoxy) is 1. The molecule has 112 valence electrons. The van der Waals surface area contributed by atoms with Crippen LogP contribution in [0, 0.1) is 5.92 Å². The standard InChI is InChI=1S/C17H33NO/c1-5-8-9-12-16(18-6-2)17(19-7-3)13-10-11-15(4)14-17/h5,15-16,18H,1,6-14H2,2-4H3. The van der Waals surface area contributed by atoms with E-state index >= 15 is 0 Å². The zero-order valence-corrected chi connectivity index (χ0v) is 13.2. The van der Waals surface area contributed by atoms with Gasteiger partial charge in [-0.25, -0.2) is 0 Å². The van der Waals surface area contributed by atoms with Gasteiger partial charge in [-0.3, -0.25) is 0 Å². The highest BCUT2D eigenvalue weighted by atomic mass is 16.5. The Morgan fingerprint density at radius 3 is 2.84 bits per heavy atom. The Morgan fingerprint density at radius 1 is 1.47 bits per heavy atom. The Balaban J connectivity index is 2.74. The summed E-state index contributed by atoms with van der Waals surface area (Å²) in [6.07, 6.45) is 10.7. The molecule has 0 aromatic carbocycles. The van der Waals surface area contributed by atoms with Crippen molar-refractivity contribution in [2.24, 2.45) is 5.92 Å². The summed E-state index contributed by atoms with van der Waals surface area (Å²) < 4.78 is 6.30. The highest BCUT2D eigenvalue weighted by molar-refractivity contribution is 4.97. The lowest BCUT2D eigenvalue weighted by Crippen LogP contribution is -2.54. The molecule has 1 aliphatic carbocycles. The number of nitrogens with one attached hydrogen (secondary N) is 1. The van der Waals surface area contributed by atoms with Crippen LogP contribution >= 0.6 is 0 Å². The minimum absolute atomic E-state index is 0.0730. The van der Waals surface area contributed by atoms with Gasteiger partial charge in [-0.15, -0.1) is 6.58 Å². The molecular weight excluding hydrogens is 234 g/mol. The molecule has 1 saturated carbocycles. The molecule has 1 rings (SSSR count). The van der Waals surface area contributed by atoms with Crippen LogP contribution < -0.4 is 5.32 Å². The average Bonchev–Trinajstić information content (AvgIpc) is 2.38. The van der Waals surface area contributed by atoms with Crippen LogP contribution in [0.5, 0.6) is 0 Å². The smallest absolute Gasteiger partial charge is 0.0837 e. The molecule has 0 aromatic heterocycles. The van der Waals surface area contributed by atoms with Gasteiger partial charge in [-0.1, -0.05) is 32.8 Å². The lowest BCUT2D eigenvalue weighted by molar-refractivity contribution is -0.102. The fraction of sp³-hybridized carbons (Fsp3) is 0.882. The van der Waals surface area contributed by atoms with Gasteiger partial charge in [0.15, 0.2) is 0 Å². The van der Waals surface area contributed by atoms with Crippen molar-refractivity contribution in [2.75, 3.05) is 13.2 Å². The predicted molar refractivity (Wildman–Crippen MR) is 83.5 cm³/mol. The Bertz CT molecular complexity index is 250. The Kier molecular flexibility index (Phi) is 7.70. The van der Waals surface area contributed by atoms with E-state index in [9.17, 15) is 0 Å². The second kappa shape index (κ2) is 8.76. The second-order valence-electron chi connectivity index (χ2n) is 6.03. The molecule has 1 N–H and O–H groups in total. The second-order valence-corrected chi connectivity index (χ2v) is 6.03. The molecule has 2 heteroatoms. The van der Waals surface area contributed by atoms with E-state index in [1.54, 1.807) is 0 Å². The Hall–Kier alpha value is -0.340. The first-order chi connectivity index (χ1) is 9.18. The molecular formula is C17H33NO. The summed E-state index contributed by atoms with van der Waals surface area (Å²) in [5, 5.41) is 3.70. The molecule has 1 fully saturated rings. The van der Waals surface area contributed by atoms with Crippen LogP contribution in [0.4, 0.5) is 0 Å². The molecule has 0 radical (unpaired) electrons. The molecule has 2 nitrogen and oxygen atoms in total. The molecule has 1 aliphatic rings. The molecule has 0 spiro atoms. The third-order valence-electron chi connectivity index (χ3n) is 4.41. The maximum absolute atomic E-state index is 6.30. The van der Waals surface area contributed by atoms with Crippen LogP contribution in [0.25, 0.3) is 0 Å². The van der Waals surface area contributed by atoms with E-state index in [4.69, 9.17) is 4.74 Å². The van der Waals surface area contributed by atoms with Crippen molar-refractivity contribution >= 4 is 0 Å². The third kappa shape index (κ3) is 4.92. The quantitative estimate of drug-likeness (QED) is 0.496. The van der Waals surface area contributed by atoms with E-state index < -0.39 is 0 Å². The van der Waals surface area contributed by atoms with Crippen molar-refractivity contribution in [3.8, 4) is 0 Å². The topological polar surface area (TPSA) is 21.3 Å². The van der Waals surface area contributed by atoms with Crippen molar-refractivity contribution in [2.45, 2.75) is 77.4 Å². The van der Waals surface area contributed by atoms with Crippen molar-refractivity contribution in [1.29, 1.82) is 0 Å². The van der Waals surface area contributed by atoms with Crippen LogP contribution in [0.3, 0.4) is 0 Å². The van der Waals surface area contributed by atoms with Gasteiger partial charge in [-0.05, 0) is 51.5 Å². The van der Waals surface area contributed by atoms with Crippen LogP contribution in [0.2, 0.25) is 0 Å². The van der Waals surface area contributed by atoms with Crippen LogP contribution in [-0.4, -0.2) is 24.8 Å². The first-order valence-electron chi connectivity index (χ1n) is 8.16. The van der Waals surface area contributed by atoms with E-state index in [1.165, 1.54) is 38.5 Å². The number of hydrogen-bond donors (Lipinski definition) is 1. The molecule has 19 heavy (non-hydrogen) atoms. The number of unbranched alkanes of at least 4 members (excludes halogenated alkanes) is 1. The normalized spacial score (nSPS) is 29.1. The fourth-order valence-corrected chi connectivity index (χ4v) is 3.64. The van der Waals surface area contributed by atoms with E-state index in [-0.39, 0.29) is 5.60 Å².